The minimum absolute atomic E-state index is 0.127. The number of aliphatic hydroxyl groups is 1. The average Bonchev–Trinajstić information content (AvgIpc) is 2.72. The quantitative estimate of drug-likeness (QED) is 0.698. The van der Waals surface area contributed by atoms with Gasteiger partial charge in [0.25, 0.3) is 0 Å². The van der Waals surface area contributed by atoms with Gasteiger partial charge in [-0.15, -0.1) is 0 Å². The van der Waals surface area contributed by atoms with Crippen LogP contribution in [0.15, 0.2) is 24.4 Å². The highest BCUT2D eigenvalue weighted by Gasteiger charge is 2.00. The van der Waals surface area contributed by atoms with Gasteiger partial charge in [-0.25, -0.2) is 0 Å². The maximum atomic E-state index is 8.87. The lowest BCUT2D eigenvalue weighted by molar-refractivity contribution is 0.251. The van der Waals surface area contributed by atoms with Crippen LogP contribution in [-0.2, 0) is 6.54 Å². The third-order valence-electron chi connectivity index (χ3n) is 2.43. The van der Waals surface area contributed by atoms with Crippen molar-refractivity contribution < 1.29 is 5.11 Å². The summed E-state index contributed by atoms with van der Waals surface area (Å²) in [6.45, 7) is 2.87. The van der Waals surface area contributed by atoms with E-state index < -0.39 is 0 Å². The van der Waals surface area contributed by atoms with E-state index in [-0.39, 0.29) is 12.6 Å². The average molecular weight is 205 g/mol. The van der Waals surface area contributed by atoms with Crippen LogP contribution >= 0.6 is 0 Å². The third-order valence-corrected chi connectivity index (χ3v) is 2.43. The van der Waals surface area contributed by atoms with Crippen LogP contribution in [0, 0.1) is 0 Å². The van der Waals surface area contributed by atoms with Gasteiger partial charge in [0.15, 0.2) is 0 Å². The number of hydrogen-bond acceptors (Lipinski definition) is 3. The molecule has 0 fully saturated rings. The molecule has 2 rings (SSSR count). The summed E-state index contributed by atoms with van der Waals surface area (Å²) < 4.78 is 0. The molecule has 4 nitrogen and oxygen atoms in total. The van der Waals surface area contributed by atoms with E-state index in [1.54, 1.807) is 0 Å². The SMILES string of the molecule is C[C@@H](CO)NCc1ccc2cn[nH]c2c1. The van der Waals surface area contributed by atoms with Crippen molar-refractivity contribution in [1.82, 2.24) is 15.5 Å². The molecular formula is C11H15N3O. The highest BCUT2D eigenvalue weighted by molar-refractivity contribution is 5.78. The summed E-state index contributed by atoms with van der Waals surface area (Å²) in [5.74, 6) is 0. The number of nitrogens with zero attached hydrogens (tertiary/aromatic N) is 1. The predicted octanol–water partition coefficient (Wildman–Crippen LogP) is 1.03. The van der Waals surface area contributed by atoms with Crippen LogP contribution in [0.1, 0.15) is 12.5 Å². The maximum absolute atomic E-state index is 8.87. The molecule has 0 aliphatic rings. The summed E-state index contributed by atoms with van der Waals surface area (Å²) in [4.78, 5) is 0. The monoisotopic (exact) mass is 205 g/mol. The number of nitrogens with one attached hydrogen (secondary N) is 2. The predicted molar refractivity (Wildman–Crippen MR) is 59.5 cm³/mol. The molecule has 1 aromatic carbocycles. The minimum Gasteiger partial charge on any atom is -0.395 e. The molecule has 0 radical (unpaired) electrons. The molecule has 0 spiro atoms. The lowest BCUT2D eigenvalue weighted by Crippen LogP contribution is -2.28. The highest BCUT2D eigenvalue weighted by atomic mass is 16.3. The van der Waals surface area contributed by atoms with Crippen molar-refractivity contribution >= 4 is 10.9 Å². The first-order chi connectivity index (χ1) is 7.29. The lowest BCUT2D eigenvalue weighted by atomic mass is 10.1. The highest BCUT2D eigenvalue weighted by Crippen LogP contribution is 2.12. The van der Waals surface area contributed by atoms with E-state index in [0.717, 1.165) is 17.4 Å². The first-order valence-electron chi connectivity index (χ1n) is 5.06. The molecule has 0 saturated carbocycles. The van der Waals surface area contributed by atoms with Crippen LogP contribution in [0.3, 0.4) is 0 Å². The molecule has 0 bridgehead atoms. The molecule has 0 saturated heterocycles. The molecular weight excluding hydrogens is 190 g/mol. The largest absolute Gasteiger partial charge is 0.395 e. The van der Waals surface area contributed by atoms with Crippen LogP contribution in [-0.4, -0.2) is 28.0 Å². The van der Waals surface area contributed by atoms with Crippen LogP contribution < -0.4 is 5.32 Å². The van der Waals surface area contributed by atoms with Crippen LogP contribution in [0.4, 0.5) is 0 Å². The fraction of sp³-hybridized carbons (Fsp3) is 0.364. The van der Waals surface area contributed by atoms with E-state index in [9.17, 15) is 0 Å². The van der Waals surface area contributed by atoms with Crippen molar-refractivity contribution in [2.24, 2.45) is 0 Å². The number of hydrogen-bond donors (Lipinski definition) is 3. The van der Waals surface area contributed by atoms with Crippen LogP contribution in [0.2, 0.25) is 0 Å². The van der Waals surface area contributed by atoms with Crippen molar-refractivity contribution in [3.05, 3.63) is 30.0 Å². The van der Waals surface area contributed by atoms with Gasteiger partial charge in [0.1, 0.15) is 0 Å². The zero-order valence-corrected chi connectivity index (χ0v) is 8.70. The molecule has 15 heavy (non-hydrogen) atoms. The Kier molecular flexibility index (Phi) is 2.99. The number of rotatable bonds is 4. The van der Waals surface area contributed by atoms with Crippen molar-refractivity contribution in [3.8, 4) is 0 Å². The fourth-order valence-corrected chi connectivity index (χ4v) is 1.45. The zero-order valence-electron chi connectivity index (χ0n) is 8.70. The second-order valence-electron chi connectivity index (χ2n) is 3.76. The molecule has 2 aromatic rings. The van der Waals surface area contributed by atoms with E-state index in [4.69, 9.17) is 5.11 Å². The van der Waals surface area contributed by atoms with Gasteiger partial charge in [0.2, 0.25) is 0 Å². The molecule has 0 aliphatic heterocycles. The van der Waals surface area contributed by atoms with E-state index in [1.807, 2.05) is 19.2 Å². The summed E-state index contributed by atoms with van der Waals surface area (Å²) >= 11 is 0. The third kappa shape index (κ3) is 2.34. The number of benzene rings is 1. The van der Waals surface area contributed by atoms with Crippen LogP contribution in [0.25, 0.3) is 10.9 Å². The van der Waals surface area contributed by atoms with Crippen molar-refractivity contribution in [2.75, 3.05) is 6.61 Å². The summed E-state index contributed by atoms with van der Waals surface area (Å²) in [6.07, 6.45) is 1.81. The standard InChI is InChI=1S/C11H15N3O/c1-8(7-15)12-5-9-2-3-10-6-13-14-11(10)4-9/h2-4,6,8,12,15H,5,7H2,1H3,(H,13,14)/t8-/m0/s1. The van der Waals surface area contributed by atoms with Gasteiger partial charge < -0.3 is 10.4 Å². The number of fused-ring (bicyclic) bond motifs is 1. The Balaban J connectivity index is 2.08. The maximum Gasteiger partial charge on any atom is 0.0653 e. The lowest BCUT2D eigenvalue weighted by Gasteiger charge is -2.10. The topological polar surface area (TPSA) is 60.9 Å². The van der Waals surface area contributed by atoms with Gasteiger partial charge in [-0.05, 0) is 18.6 Å². The molecule has 1 atom stereocenters. The zero-order chi connectivity index (χ0) is 10.7. The first-order valence-corrected chi connectivity index (χ1v) is 5.06. The molecule has 0 amide bonds. The van der Waals surface area contributed by atoms with Gasteiger partial charge in [0.05, 0.1) is 18.3 Å². The van der Waals surface area contributed by atoms with Crippen molar-refractivity contribution in [3.63, 3.8) is 0 Å². The van der Waals surface area contributed by atoms with Gasteiger partial charge in [-0.2, -0.15) is 5.10 Å². The molecule has 1 heterocycles. The normalized spacial score (nSPS) is 13.2. The summed E-state index contributed by atoms with van der Waals surface area (Å²) in [7, 11) is 0. The Hall–Kier alpha value is -1.39. The van der Waals surface area contributed by atoms with Crippen LogP contribution in [0.5, 0.6) is 0 Å². The Morgan fingerprint density at radius 1 is 1.53 bits per heavy atom. The van der Waals surface area contributed by atoms with Gasteiger partial charge in [-0.3, -0.25) is 5.10 Å². The summed E-state index contributed by atoms with van der Waals surface area (Å²) in [5, 5.41) is 20.1. The summed E-state index contributed by atoms with van der Waals surface area (Å²) in [6, 6.07) is 6.30. The number of aromatic nitrogens is 2. The first kappa shape index (κ1) is 10.1. The smallest absolute Gasteiger partial charge is 0.0653 e. The van der Waals surface area contributed by atoms with E-state index >= 15 is 0 Å². The van der Waals surface area contributed by atoms with Crippen molar-refractivity contribution in [2.45, 2.75) is 19.5 Å². The molecule has 80 valence electrons. The number of H-pyrrole nitrogens is 1. The summed E-state index contributed by atoms with van der Waals surface area (Å²) in [5.41, 5.74) is 2.23. The molecule has 0 aliphatic carbocycles. The Labute approximate surface area is 88.3 Å². The Morgan fingerprint density at radius 3 is 3.20 bits per heavy atom. The van der Waals surface area contributed by atoms with Gasteiger partial charge in [-0.1, -0.05) is 12.1 Å². The molecule has 0 unspecified atom stereocenters. The van der Waals surface area contributed by atoms with Gasteiger partial charge >= 0.3 is 0 Å². The molecule has 4 heteroatoms. The fourth-order valence-electron chi connectivity index (χ4n) is 1.45. The second kappa shape index (κ2) is 4.42. The molecule has 1 aromatic heterocycles. The number of aromatic amines is 1. The van der Waals surface area contributed by atoms with Crippen molar-refractivity contribution in [1.29, 1.82) is 0 Å². The minimum atomic E-state index is 0.127. The van der Waals surface area contributed by atoms with E-state index in [0.29, 0.717) is 0 Å². The van der Waals surface area contributed by atoms with Gasteiger partial charge in [0, 0.05) is 18.0 Å². The number of aliphatic hydroxyl groups excluding tert-OH is 1. The van der Waals surface area contributed by atoms with E-state index in [1.165, 1.54) is 5.56 Å². The molecule has 3 N–H and O–H groups in total. The van der Waals surface area contributed by atoms with E-state index in [2.05, 4.69) is 27.6 Å². The Bertz CT molecular complexity index is 438. The second-order valence-corrected chi connectivity index (χ2v) is 3.76. The Morgan fingerprint density at radius 2 is 2.40 bits per heavy atom.